The van der Waals surface area contributed by atoms with Crippen molar-refractivity contribution in [2.75, 3.05) is 6.54 Å². The summed E-state index contributed by atoms with van der Waals surface area (Å²) in [6.07, 6.45) is 3.46. The van der Waals surface area contributed by atoms with Crippen molar-refractivity contribution in [2.45, 2.75) is 19.9 Å². The number of pyridine rings is 1. The van der Waals surface area contributed by atoms with Gasteiger partial charge >= 0.3 is 5.97 Å². The zero-order valence-corrected chi connectivity index (χ0v) is 8.97. The summed E-state index contributed by atoms with van der Waals surface area (Å²) in [5.41, 5.74) is 1.11. The molecule has 0 saturated carbocycles. The van der Waals surface area contributed by atoms with Gasteiger partial charge in [-0.2, -0.15) is 0 Å². The van der Waals surface area contributed by atoms with E-state index in [1.807, 2.05) is 19.1 Å². The summed E-state index contributed by atoms with van der Waals surface area (Å²) in [4.78, 5) is 14.5. The van der Waals surface area contributed by atoms with Crippen LogP contribution in [-0.2, 0) is 4.79 Å². The first kappa shape index (κ1) is 11.7. The smallest absolute Gasteiger partial charge is 0.307 e. The number of nitrogens with zero attached hydrogens (tertiary/aromatic N) is 1. The monoisotopic (exact) mass is 208 g/mol. The average molecular weight is 208 g/mol. The second-order valence-corrected chi connectivity index (χ2v) is 3.65. The number of aliphatic carboxylic acids is 1. The predicted molar refractivity (Wildman–Crippen MR) is 57.5 cm³/mol. The first-order valence-electron chi connectivity index (χ1n) is 4.97. The Labute approximate surface area is 89.3 Å². The lowest BCUT2D eigenvalue weighted by Crippen LogP contribution is -2.28. The molecule has 0 aliphatic rings. The van der Waals surface area contributed by atoms with Crippen molar-refractivity contribution in [3.63, 3.8) is 0 Å². The molecule has 1 aromatic rings. The first-order valence-corrected chi connectivity index (χ1v) is 4.97. The maximum atomic E-state index is 10.6. The van der Waals surface area contributed by atoms with Gasteiger partial charge in [-0.05, 0) is 24.6 Å². The summed E-state index contributed by atoms with van der Waals surface area (Å²) >= 11 is 0. The zero-order valence-electron chi connectivity index (χ0n) is 8.97. The van der Waals surface area contributed by atoms with Crippen LogP contribution >= 0.6 is 0 Å². The molecule has 2 atom stereocenters. The SMILES string of the molecule is CC(CNC(C)c1ccncc1)C(=O)O. The van der Waals surface area contributed by atoms with Crippen LogP contribution in [0.3, 0.4) is 0 Å². The molecule has 4 heteroatoms. The Balaban J connectivity index is 2.43. The molecule has 0 spiro atoms. The van der Waals surface area contributed by atoms with E-state index in [-0.39, 0.29) is 12.0 Å². The molecule has 0 bridgehead atoms. The summed E-state index contributed by atoms with van der Waals surface area (Å²) in [6, 6.07) is 3.99. The average Bonchev–Trinajstić information content (AvgIpc) is 2.26. The van der Waals surface area contributed by atoms with Crippen molar-refractivity contribution < 1.29 is 9.90 Å². The second-order valence-electron chi connectivity index (χ2n) is 3.65. The summed E-state index contributed by atoms with van der Waals surface area (Å²) in [6.45, 7) is 4.16. The van der Waals surface area contributed by atoms with Gasteiger partial charge in [-0.1, -0.05) is 6.92 Å². The van der Waals surface area contributed by atoms with Gasteiger partial charge in [0.25, 0.3) is 0 Å². The fourth-order valence-corrected chi connectivity index (χ4v) is 1.21. The van der Waals surface area contributed by atoms with Crippen molar-refractivity contribution in [1.82, 2.24) is 10.3 Å². The van der Waals surface area contributed by atoms with Crippen molar-refractivity contribution >= 4 is 5.97 Å². The van der Waals surface area contributed by atoms with Gasteiger partial charge in [-0.3, -0.25) is 9.78 Å². The van der Waals surface area contributed by atoms with Gasteiger partial charge in [0.05, 0.1) is 5.92 Å². The fourth-order valence-electron chi connectivity index (χ4n) is 1.21. The van der Waals surface area contributed by atoms with Gasteiger partial charge in [0.15, 0.2) is 0 Å². The van der Waals surface area contributed by atoms with Gasteiger partial charge in [0, 0.05) is 25.0 Å². The van der Waals surface area contributed by atoms with Crippen LogP contribution in [0.15, 0.2) is 24.5 Å². The molecule has 0 fully saturated rings. The van der Waals surface area contributed by atoms with Crippen LogP contribution in [0.2, 0.25) is 0 Å². The molecule has 1 rings (SSSR count). The Hall–Kier alpha value is -1.42. The Morgan fingerprint density at radius 1 is 1.47 bits per heavy atom. The van der Waals surface area contributed by atoms with Gasteiger partial charge in [-0.25, -0.2) is 0 Å². The van der Waals surface area contributed by atoms with Crippen LogP contribution in [0.4, 0.5) is 0 Å². The van der Waals surface area contributed by atoms with Crippen molar-refractivity contribution in [3.8, 4) is 0 Å². The maximum Gasteiger partial charge on any atom is 0.307 e. The van der Waals surface area contributed by atoms with E-state index in [1.165, 1.54) is 0 Å². The topological polar surface area (TPSA) is 62.2 Å². The number of hydrogen-bond acceptors (Lipinski definition) is 3. The van der Waals surface area contributed by atoms with E-state index < -0.39 is 5.97 Å². The van der Waals surface area contributed by atoms with E-state index in [9.17, 15) is 4.79 Å². The number of hydrogen-bond donors (Lipinski definition) is 2. The fraction of sp³-hybridized carbons (Fsp3) is 0.455. The van der Waals surface area contributed by atoms with Crippen LogP contribution in [0, 0.1) is 5.92 Å². The van der Waals surface area contributed by atoms with Gasteiger partial charge in [-0.15, -0.1) is 0 Å². The van der Waals surface area contributed by atoms with Gasteiger partial charge in [0.1, 0.15) is 0 Å². The lowest BCUT2D eigenvalue weighted by Gasteiger charge is -2.15. The minimum absolute atomic E-state index is 0.148. The minimum atomic E-state index is -0.774. The maximum absolute atomic E-state index is 10.6. The van der Waals surface area contributed by atoms with Crippen molar-refractivity contribution in [1.29, 1.82) is 0 Å². The lowest BCUT2D eigenvalue weighted by molar-refractivity contribution is -0.140. The zero-order chi connectivity index (χ0) is 11.3. The Morgan fingerprint density at radius 2 is 2.07 bits per heavy atom. The third kappa shape index (κ3) is 3.67. The highest BCUT2D eigenvalue weighted by molar-refractivity contribution is 5.69. The third-order valence-electron chi connectivity index (χ3n) is 2.36. The molecule has 1 aromatic heterocycles. The highest BCUT2D eigenvalue weighted by Crippen LogP contribution is 2.10. The highest BCUT2D eigenvalue weighted by atomic mass is 16.4. The van der Waals surface area contributed by atoms with Crippen LogP contribution in [0.1, 0.15) is 25.5 Å². The molecule has 1 heterocycles. The molecule has 0 aliphatic heterocycles. The highest BCUT2D eigenvalue weighted by Gasteiger charge is 2.12. The summed E-state index contributed by atoms with van der Waals surface area (Å²) in [7, 11) is 0. The van der Waals surface area contributed by atoms with E-state index in [0.717, 1.165) is 5.56 Å². The molecule has 0 radical (unpaired) electrons. The summed E-state index contributed by atoms with van der Waals surface area (Å²) < 4.78 is 0. The van der Waals surface area contributed by atoms with E-state index in [1.54, 1.807) is 19.3 Å². The molecule has 0 amide bonds. The third-order valence-corrected chi connectivity index (χ3v) is 2.36. The minimum Gasteiger partial charge on any atom is -0.481 e. The first-order chi connectivity index (χ1) is 7.11. The van der Waals surface area contributed by atoms with Crippen LogP contribution in [0.25, 0.3) is 0 Å². The number of aromatic nitrogens is 1. The molecule has 2 N–H and O–H groups in total. The molecule has 0 saturated heterocycles. The van der Waals surface area contributed by atoms with E-state index in [2.05, 4.69) is 10.3 Å². The van der Waals surface area contributed by atoms with Crippen LogP contribution in [-0.4, -0.2) is 22.6 Å². The number of nitrogens with one attached hydrogen (secondary N) is 1. The number of rotatable bonds is 5. The van der Waals surface area contributed by atoms with Crippen molar-refractivity contribution in [2.24, 2.45) is 5.92 Å². The largest absolute Gasteiger partial charge is 0.481 e. The van der Waals surface area contributed by atoms with Gasteiger partial charge in [0.2, 0.25) is 0 Å². The number of carboxylic acid groups (broad SMARTS) is 1. The normalized spacial score (nSPS) is 14.5. The standard InChI is InChI=1S/C11H16N2O2/c1-8(11(14)15)7-13-9(2)10-3-5-12-6-4-10/h3-6,8-9,13H,7H2,1-2H3,(H,14,15). The Bertz CT molecular complexity index is 314. The number of carboxylic acids is 1. The second kappa shape index (κ2) is 5.46. The molecule has 0 aromatic carbocycles. The Kier molecular flexibility index (Phi) is 4.24. The molecule has 4 nitrogen and oxygen atoms in total. The Morgan fingerprint density at radius 3 is 2.60 bits per heavy atom. The quantitative estimate of drug-likeness (QED) is 0.768. The lowest BCUT2D eigenvalue weighted by atomic mass is 10.1. The molecule has 82 valence electrons. The van der Waals surface area contributed by atoms with E-state index in [4.69, 9.17) is 5.11 Å². The van der Waals surface area contributed by atoms with Crippen molar-refractivity contribution in [3.05, 3.63) is 30.1 Å². The predicted octanol–water partition coefficient (Wildman–Crippen LogP) is 1.45. The number of carbonyl (C=O) groups is 1. The van der Waals surface area contributed by atoms with Crippen LogP contribution in [0.5, 0.6) is 0 Å². The van der Waals surface area contributed by atoms with E-state index in [0.29, 0.717) is 6.54 Å². The van der Waals surface area contributed by atoms with Gasteiger partial charge < -0.3 is 10.4 Å². The molecular formula is C11H16N2O2. The molecule has 0 aliphatic carbocycles. The summed E-state index contributed by atoms with van der Waals surface area (Å²) in [5, 5.41) is 11.9. The molecule has 2 unspecified atom stereocenters. The molecular weight excluding hydrogens is 192 g/mol. The molecule has 15 heavy (non-hydrogen) atoms. The van der Waals surface area contributed by atoms with E-state index >= 15 is 0 Å². The summed E-state index contributed by atoms with van der Waals surface area (Å²) in [5.74, 6) is -1.14. The van der Waals surface area contributed by atoms with Crippen LogP contribution < -0.4 is 5.32 Å².